The molecule has 3 heteroatoms. The molecule has 3 rings (SSSR count). The third-order valence-electron chi connectivity index (χ3n) is 5.18. The zero-order valence-electron chi connectivity index (χ0n) is 13.0. The molecule has 1 aliphatic carbocycles. The monoisotopic (exact) mass is 274 g/mol. The quantitative estimate of drug-likeness (QED) is 0.920. The lowest BCUT2D eigenvalue weighted by Gasteiger charge is -2.38. The van der Waals surface area contributed by atoms with Crippen molar-refractivity contribution in [3.63, 3.8) is 0 Å². The van der Waals surface area contributed by atoms with Crippen molar-refractivity contribution in [2.75, 3.05) is 20.1 Å². The van der Waals surface area contributed by atoms with Crippen LogP contribution in [0.4, 0.5) is 0 Å². The Balaban J connectivity index is 1.94. The number of rotatable bonds is 3. The van der Waals surface area contributed by atoms with Crippen molar-refractivity contribution in [2.24, 2.45) is 11.8 Å². The van der Waals surface area contributed by atoms with Crippen LogP contribution in [-0.4, -0.2) is 35.8 Å². The molecule has 0 aromatic carbocycles. The smallest absolute Gasteiger partial charge is 0.169 e. The van der Waals surface area contributed by atoms with Gasteiger partial charge >= 0.3 is 0 Å². The number of nitrogens with zero attached hydrogens (tertiary/aromatic N) is 1. The van der Waals surface area contributed by atoms with Crippen LogP contribution in [0.1, 0.15) is 53.5 Å². The molecule has 3 nitrogen and oxygen atoms in total. The molecule has 20 heavy (non-hydrogen) atoms. The van der Waals surface area contributed by atoms with Crippen molar-refractivity contribution in [3.8, 4) is 0 Å². The van der Waals surface area contributed by atoms with Gasteiger partial charge in [0.05, 0.1) is 0 Å². The molecule has 1 aromatic heterocycles. The molecule has 0 saturated carbocycles. The number of ketones is 1. The minimum absolute atomic E-state index is 0.233. The summed E-state index contributed by atoms with van der Waals surface area (Å²) in [4.78, 5) is 18.8. The Labute approximate surface area is 121 Å². The summed E-state index contributed by atoms with van der Waals surface area (Å²) in [5.41, 5.74) is 4.82. The van der Waals surface area contributed by atoms with Gasteiger partial charge in [-0.25, -0.2) is 0 Å². The third kappa shape index (κ3) is 2.22. The molecule has 0 spiro atoms. The van der Waals surface area contributed by atoms with Crippen LogP contribution in [0.5, 0.6) is 0 Å². The highest BCUT2D eigenvalue weighted by Crippen LogP contribution is 2.37. The molecule has 1 fully saturated rings. The minimum Gasteiger partial charge on any atom is -0.362 e. The van der Waals surface area contributed by atoms with Gasteiger partial charge in [0.25, 0.3) is 0 Å². The third-order valence-corrected chi connectivity index (χ3v) is 5.18. The Hall–Kier alpha value is -1.09. The van der Waals surface area contributed by atoms with Crippen LogP contribution in [0.15, 0.2) is 0 Å². The van der Waals surface area contributed by atoms with Gasteiger partial charge in [0.15, 0.2) is 5.78 Å². The Morgan fingerprint density at radius 2 is 2.20 bits per heavy atom. The summed E-state index contributed by atoms with van der Waals surface area (Å²) in [7, 11) is 2.14. The number of carbonyl (C=O) groups is 1. The summed E-state index contributed by atoms with van der Waals surface area (Å²) < 4.78 is 0. The molecule has 1 saturated heterocycles. The van der Waals surface area contributed by atoms with Crippen molar-refractivity contribution >= 4 is 5.78 Å². The number of likely N-dealkylation sites (tertiary alicyclic amines) is 1. The van der Waals surface area contributed by atoms with Crippen LogP contribution < -0.4 is 0 Å². The van der Waals surface area contributed by atoms with Crippen molar-refractivity contribution in [1.29, 1.82) is 0 Å². The maximum absolute atomic E-state index is 12.9. The topological polar surface area (TPSA) is 36.1 Å². The van der Waals surface area contributed by atoms with Gasteiger partial charge in [0.1, 0.15) is 0 Å². The lowest BCUT2D eigenvalue weighted by Crippen LogP contribution is -2.45. The van der Waals surface area contributed by atoms with Crippen molar-refractivity contribution in [3.05, 3.63) is 22.5 Å². The van der Waals surface area contributed by atoms with E-state index in [0.29, 0.717) is 11.7 Å². The van der Waals surface area contributed by atoms with Crippen LogP contribution in [0.2, 0.25) is 0 Å². The van der Waals surface area contributed by atoms with E-state index in [2.05, 4.69) is 30.8 Å². The number of unbranched alkanes of at least 4 members (excludes halogenated alkanes) is 1. The molecule has 2 heterocycles. The van der Waals surface area contributed by atoms with Crippen LogP contribution in [0.25, 0.3) is 0 Å². The molecule has 2 aliphatic rings. The van der Waals surface area contributed by atoms with Crippen LogP contribution in [0, 0.1) is 18.8 Å². The van der Waals surface area contributed by atoms with E-state index in [1.54, 1.807) is 0 Å². The normalized spacial score (nSPS) is 26.4. The molecule has 1 aromatic rings. The van der Waals surface area contributed by atoms with Crippen LogP contribution in [0.3, 0.4) is 0 Å². The lowest BCUT2D eigenvalue weighted by atomic mass is 9.72. The number of aryl methyl sites for hydroxylation is 1. The number of carbonyl (C=O) groups excluding carboxylic acids is 1. The van der Waals surface area contributed by atoms with E-state index in [4.69, 9.17) is 0 Å². The summed E-state index contributed by atoms with van der Waals surface area (Å²) in [6, 6.07) is 0. The fourth-order valence-electron chi connectivity index (χ4n) is 4.00. The minimum atomic E-state index is 0.233. The average molecular weight is 274 g/mol. The van der Waals surface area contributed by atoms with E-state index in [1.807, 2.05) is 0 Å². The molecule has 0 amide bonds. The van der Waals surface area contributed by atoms with Gasteiger partial charge in [-0.05, 0) is 57.7 Å². The Bertz CT molecular complexity index is 517. The molecule has 0 radical (unpaired) electrons. The zero-order valence-corrected chi connectivity index (χ0v) is 13.0. The van der Waals surface area contributed by atoms with E-state index in [0.717, 1.165) is 37.9 Å². The van der Waals surface area contributed by atoms with E-state index in [1.165, 1.54) is 29.8 Å². The van der Waals surface area contributed by atoms with Gasteiger partial charge in [-0.2, -0.15) is 0 Å². The van der Waals surface area contributed by atoms with Crippen molar-refractivity contribution < 1.29 is 4.79 Å². The molecule has 1 aliphatic heterocycles. The van der Waals surface area contributed by atoms with Gasteiger partial charge in [-0.1, -0.05) is 13.3 Å². The summed E-state index contributed by atoms with van der Waals surface area (Å²) in [6.45, 7) is 6.42. The molecular weight excluding hydrogens is 248 g/mol. The fourth-order valence-corrected chi connectivity index (χ4v) is 4.00. The molecular formula is C17H26N2O. The number of piperidine rings is 1. The number of nitrogens with one attached hydrogen (secondary N) is 1. The summed E-state index contributed by atoms with van der Waals surface area (Å²) in [5, 5.41) is 0. The predicted molar refractivity (Wildman–Crippen MR) is 81.3 cm³/mol. The number of aromatic nitrogens is 1. The molecule has 1 N–H and O–H groups in total. The lowest BCUT2D eigenvalue weighted by molar-refractivity contribution is 0.0705. The number of fused-ring (bicyclic) bond motifs is 2. The van der Waals surface area contributed by atoms with E-state index < -0.39 is 0 Å². The molecule has 2 unspecified atom stereocenters. The standard InChI is InChI=1S/C17H26N2O/c1-4-5-6-13-11(2)18-15-9-12-7-8-19(3)10-14(12)17(20)16(13)15/h12,14,18H,4-10H2,1-3H3. The average Bonchev–Trinajstić information content (AvgIpc) is 2.73. The van der Waals surface area contributed by atoms with E-state index in [-0.39, 0.29) is 5.92 Å². The summed E-state index contributed by atoms with van der Waals surface area (Å²) in [6.07, 6.45) is 5.64. The number of hydrogen-bond donors (Lipinski definition) is 1. The highest BCUT2D eigenvalue weighted by Gasteiger charge is 2.40. The molecule has 2 atom stereocenters. The van der Waals surface area contributed by atoms with Crippen molar-refractivity contribution in [1.82, 2.24) is 9.88 Å². The summed E-state index contributed by atoms with van der Waals surface area (Å²) in [5.74, 6) is 1.21. The second-order valence-corrected chi connectivity index (χ2v) is 6.67. The number of Topliss-reactive ketones (excluding diaryl/α,β-unsaturated/α-hetero) is 1. The number of aromatic amines is 1. The Morgan fingerprint density at radius 3 is 2.95 bits per heavy atom. The fraction of sp³-hybridized carbons (Fsp3) is 0.706. The number of H-pyrrole nitrogens is 1. The first-order chi connectivity index (χ1) is 9.61. The second kappa shape index (κ2) is 5.36. The first-order valence-corrected chi connectivity index (χ1v) is 8.04. The first kappa shape index (κ1) is 13.9. The van der Waals surface area contributed by atoms with Gasteiger partial charge < -0.3 is 9.88 Å². The van der Waals surface area contributed by atoms with Gasteiger partial charge in [0, 0.05) is 29.4 Å². The highest BCUT2D eigenvalue weighted by molar-refractivity contribution is 6.02. The van der Waals surface area contributed by atoms with Crippen LogP contribution in [-0.2, 0) is 12.8 Å². The first-order valence-electron chi connectivity index (χ1n) is 8.04. The zero-order chi connectivity index (χ0) is 14.3. The largest absolute Gasteiger partial charge is 0.362 e. The van der Waals surface area contributed by atoms with Gasteiger partial charge in [-0.3, -0.25) is 4.79 Å². The molecule has 0 bridgehead atoms. The predicted octanol–water partition coefficient (Wildman–Crippen LogP) is 2.97. The maximum Gasteiger partial charge on any atom is 0.169 e. The SMILES string of the molecule is CCCCc1c(C)[nH]c2c1C(=O)C1CN(C)CCC1C2. The number of hydrogen-bond acceptors (Lipinski definition) is 2. The Morgan fingerprint density at radius 1 is 1.40 bits per heavy atom. The Kier molecular flexibility index (Phi) is 3.72. The highest BCUT2D eigenvalue weighted by atomic mass is 16.1. The van der Waals surface area contributed by atoms with Gasteiger partial charge in [0.2, 0.25) is 0 Å². The summed E-state index contributed by atoms with van der Waals surface area (Å²) >= 11 is 0. The van der Waals surface area contributed by atoms with Gasteiger partial charge in [-0.15, -0.1) is 0 Å². The van der Waals surface area contributed by atoms with E-state index >= 15 is 0 Å². The molecule has 110 valence electrons. The second-order valence-electron chi connectivity index (χ2n) is 6.67. The van der Waals surface area contributed by atoms with E-state index in [9.17, 15) is 4.79 Å². The van der Waals surface area contributed by atoms with Crippen molar-refractivity contribution in [2.45, 2.75) is 46.0 Å². The van der Waals surface area contributed by atoms with Crippen LogP contribution >= 0.6 is 0 Å². The maximum atomic E-state index is 12.9.